The van der Waals surface area contributed by atoms with Crippen molar-refractivity contribution < 1.29 is 23.8 Å². The van der Waals surface area contributed by atoms with Crippen molar-refractivity contribution in [2.45, 2.75) is 32.9 Å². The van der Waals surface area contributed by atoms with E-state index in [0.29, 0.717) is 40.9 Å². The normalized spacial score (nSPS) is 11.8. The molecule has 0 aliphatic heterocycles. The number of hydrogen-bond donors (Lipinski definition) is 2. The van der Waals surface area contributed by atoms with Crippen LogP contribution in [0, 0.1) is 5.92 Å². The first-order chi connectivity index (χ1) is 20.3. The highest BCUT2D eigenvalue weighted by Gasteiger charge is 2.22. The maximum absolute atomic E-state index is 12.9. The molecule has 0 saturated heterocycles. The average Bonchev–Trinajstić information content (AvgIpc) is 2.99. The van der Waals surface area contributed by atoms with Crippen LogP contribution in [0.25, 0.3) is 10.8 Å². The van der Waals surface area contributed by atoms with E-state index in [-0.39, 0.29) is 12.5 Å². The maximum Gasteiger partial charge on any atom is 0.262 e. The number of ether oxygens (including phenoxy) is 3. The number of carbonyl (C=O) groups is 2. The van der Waals surface area contributed by atoms with Crippen LogP contribution in [0.5, 0.6) is 17.2 Å². The van der Waals surface area contributed by atoms with Crippen LogP contribution in [-0.4, -0.2) is 37.8 Å². The van der Waals surface area contributed by atoms with Crippen LogP contribution in [0.3, 0.4) is 0 Å². The lowest BCUT2D eigenvalue weighted by Gasteiger charge is -2.19. The Kier molecular flexibility index (Phi) is 10.8. The highest BCUT2D eigenvalue weighted by atomic mass is 35.5. The average molecular weight is 588 g/mol. The van der Waals surface area contributed by atoms with E-state index in [9.17, 15) is 9.59 Å². The van der Waals surface area contributed by atoms with E-state index < -0.39 is 17.9 Å². The van der Waals surface area contributed by atoms with Crippen LogP contribution in [0.1, 0.15) is 31.4 Å². The second-order valence-electron chi connectivity index (χ2n) is 10.1. The van der Waals surface area contributed by atoms with Crippen LogP contribution in [0.4, 0.5) is 0 Å². The minimum Gasteiger partial charge on any atom is -0.493 e. The molecule has 218 valence electrons. The van der Waals surface area contributed by atoms with Crippen LogP contribution in [0.2, 0.25) is 5.02 Å². The summed E-state index contributed by atoms with van der Waals surface area (Å²) < 4.78 is 17.1. The maximum atomic E-state index is 12.9. The van der Waals surface area contributed by atoms with Gasteiger partial charge in [0.2, 0.25) is 0 Å². The van der Waals surface area contributed by atoms with E-state index in [1.54, 1.807) is 43.5 Å². The molecule has 1 atom stereocenters. The van der Waals surface area contributed by atoms with Gasteiger partial charge in [-0.05, 0) is 76.7 Å². The van der Waals surface area contributed by atoms with Gasteiger partial charge in [0.15, 0.2) is 18.1 Å². The third-order valence-electron chi connectivity index (χ3n) is 6.38. The summed E-state index contributed by atoms with van der Waals surface area (Å²) in [6.45, 7) is 4.09. The van der Waals surface area contributed by atoms with Crippen molar-refractivity contribution in [3.05, 3.63) is 101 Å². The van der Waals surface area contributed by atoms with Crippen molar-refractivity contribution in [3.63, 3.8) is 0 Å². The first-order valence-electron chi connectivity index (χ1n) is 13.6. The van der Waals surface area contributed by atoms with Crippen molar-refractivity contribution in [2.75, 3.05) is 13.7 Å². The summed E-state index contributed by atoms with van der Waals surface area (Å²) in [4.78, 5) is 25.3. The standard InChI is InChI=1S/C33H34ClN3O5/c1-22(2)17-29(36-32(38)21-41-27-14-12-26(34)13-15-27)33(39)37-35-19-23-11-16-30(31(18-23)40-3)42-20-25-9-6-8-24-7-4-5-10-28(24)25/h4-16,18-19,22,29H,17,20-21H2,1-3H3,(H,36,38)(H,37,39)/b35-19-/t29-/m0/s1. The van der Waals surface area contributed by atoms with Crippen LogP contribution in [0.15, 0.2) is 90.0 Å². The lowest BCUT2D eigenvalue weighted by molar-refractivity contribution is -0.130. The molecule has 2 amide bonds. The Morgan fingerprint density at radius 2 is 1.69 bits per heavy atom. The summed E-state index contributed by atoms with van der Waals surface area (Å²) in [6, 6.07) is 25.6. The number of rotatable bonds is 13. The summed E-state index contributed by atoms with van der Waals surface area (Å²) in [7, 11) is 1.57. The number of benzene rings is 4. The predicted octanol–water partition coefficient (Wildman–Crippen LogP) is 6.14. The first-order valence-corrected chi connectivity index (χ1v) is 14.0. The van der Waals surface area contributed by atoms with E-state index in [1.165, 1.54) is 6.21 Å². The summed E-state index contributed by atoms with van der Waals surface area (Å²) in [5, 5.41) is 9.69. The molecule has 8 nitrogen and oxygen atoms in total. The molecule has 9 heteroatoms. The Bertz CT molecular complexity index is 1530. The SMILES string of the molecule is COc1cc(/C=N\NC(=O)[C@H](CC(C)C)NC(=O)COc2ccc(Cl)cc2)ccc1OCc1cccc2ccccc12. The van der Waals surface area contributed by atoms with Gasteiger partial charge >= 0.3 is 0 Å². The Morgan fingerprint density at radius 1 is 0.929 bits per heavy atom. The predicted molar refractivity (Wildman–Crippen MR) is 165 cm³/mol. The van der Waals surface area contributed by atoms with Crippen molar-refractivity contribution in [3.8, 4) is 17.2 Å². The molecule has 4 aromatic rings. The Morgan fingerprint density at radius 3 is 2.45 bits per heavy atom. The molecular weight excluding hydrogens is 554 g/mol. The number of methoxy groups -OCH3 is 1. The number of nitrogens with one attached hydrogen (secondary N) is 2. The third kappa shape index (κ3) is 8.72. The van der Waals surface area contributed by atoms with E-state index in [2.05, 4.69) is 34.0 Å². The first kappa shape index (κ1) is 30.4. The van der Waals surface area contributed by atoms with Gasteiger partial charge in [0.25, 0.3) is 11.8 Å². The molecule has 0 aliphatic rings. The van der Waals surface area contributed by atoms with E-state index in [0.717, 1.165) is 16.3 Å². The van der Waals surface area contributed by atoms with Crippen LogP contribution in [-0.2, 0) is 16.2 Å². The third-order valence-corrected chi connectivity index (χ3v) is 6.63. The largest absolute Gasteiger partial charge is 0.493 e. The van der Waals surface area contributed by atoms with Gasteiger partial charge in [0.1, 0.15) is 18.4 Å². The van der Waals surface area contributed by atoms with E-state index in [4.69, 9.17) is 25.8 Å². The summed E-state index contributed by atoms with van der Waals surface area (Å²) in [5.74, 6) is 0.945. The van der Waals surface area contributed by atoms with Crippen LogP contribution >= 0.6 is 11.6 Å². The number of hydrazone groups is 1. The number of fused-ring (bicyclic) bond motifs is 1. The topological polar surface area (TPSA) is 98.2 Å². The molecule has 0 saturated carbocycles. The Balaban J connectivity index is 1.33. The molecule has 0 aliphatic carbocycles. The Labute approximate surface area is 250 Å². The van der Waals surface area contributed by atoms with Gasteiger partial charge in [-0.2, -0.15) is 5.10 Å². The second-order valence-corrected chi connectivity index (χ2v) is 10.5. The van der Waals surface area contributed by atoms with Gasteiger partial charge in [0.05, 0.1) is 13.3 Å². The zero-order valence-corrected chi connectivity index (χ0v) is 24.6. The Hall–Kier alpha value is -4.56. The molecule has 0 bridgehead atoms. The lowest BCUT2D eigenvalue weighted by Crippen LogP contribution is -2.47. The zero-order chi connectivity index (χ0) is 29.9. The minimum absolute atomic E-state index is 0.160. The van der Waals surface area contributed by atoms with Gasteiger partial charge < -0.3 is 19.5 Å². The smallest absolute Gasteiger partial charge is 0.262 e. The highest BCUT2D eigenvalue weighted by Crippen LogP contribution is 2.29. The van der Waals surface area contributed by atoms with Crippen molar-refractivity contribution >= 4 is 40.4 Å². The monoisotopic (exact) mass is 587 g/mol. The van der Waals surface area contributed by atoms with Crippen molar-refractivity contribution in [2.24, 2.45) is 11.0 Å². The molecule has 0 fully saturated rings. The summed E-state index contributed by atoms with van der Waals surface area (Å²) in [6.07, 6.45) is 1.94. The molecule has 42 heavy (non-hydrogen) atoms. The van der Waals surface area contributed by atoms with Crippen molar-refractivity contribution in [1.82, 2.24) is 10.7 Å². The van der Waals surface area contributed by atoms with Gasteiger partial charge in [-0.1, -0.05) is 67.9 Å². The quantitative estimate of drug-likeness (QED) is 0.145. The molecule has 0 spiro atoms. The fourth-order valence-electron chi connectivity index (χ4n) is 4.32. The molecule has 0 aromatic heterocycles. The van der Waals surface area contributed by atoms with E-state index >= 15 is 0 Å². The fraction of sp³-hybridized carbons (Fsp3) is 0.242. The molecule has 4 aromatic carbocycles. The molecule has 0 unspecified atom stereocenters. The number of nitrogens with zero attached hydrogens (tertiary/aromatic N) is 1. The minimum atomic E-state index is -0.775. The molecule has 4 rings (SSSR count). The summed E-state index contributed by atoms with van der Waals surface area (Å²) in [5.41, 5.74) is 4.30. The molecule has 2 N–H and O–H groups in total. The number of amides is 2. The van der Waals surface area contributed by atoms with Crippen molar-refractivity contribution in [1.29, 1.82) is 0 Å². The fourth-order valence-corrected chi connectivity index (χ4v) is 4.45. The van der Waals surface area contributed by atoms with Gasteiger partial charge in [-0.25, -0.2) is 5.43 Å². The number of halogens is 1. The summed E-state index contributed by atoms with van der Waals surface area (Å²) >= 11 is 5.88. The van der Waals surface area contributed by atoms with Crippen LogP contribution < -0.4 is 25.0 Å². The van der Waals surface area contributed by atoms with Gasteiger partial charge in [0, 0.05) is 5.02 Å². The van der Waals surface area contributed by atoms with E-state index in [1.807, 2.05) is 44.2 Å². The lowest BCUT2D eigenvalue weighted by atomic mass is 10.0. The van der Waals surface area contributed by atoms with Gasteiger partial charge in [-0.3, -0.25) is 9.59 Å². The molecular formula is C33H34ClN3O5. The molecule has 0 heterocycles. The molecule has 0 radical (unpaired) electrons. The van der Waals surface area contributed by atoms with Gasteiger partial charge in [-0.15, -0.1) is 0 Å². The number of carbonyl (C=O) groups excluding carboxylic acids is 2. The second kappa shape index (κ2) is 14.9. The number of hydrogen-bond acceptors (Lipinski definition) is 6. The zero-order valence-electron chi connectivity index (χ0n) is 23.8. The highest BCUT2D eigenvalue weighted by molar-refractivity contribution is 6.30.